The Labute approximate surface area is 600 Å². The topological polar surface area (TPSA) is 237 Å². The molecule has 5 atom stereocenters. The number of carbonyl (C=O) groups excluding carboxylic acids is 4. The Kier molecular flexibility index (Phi) is 70.6. The molecular weight excluding hydrogens is 1280 g/mol. The van der Waals surface area contributed by atoms with Crippen molar-refractivity contribution in [1.29, 1.82) is 0 Å². The van der Waals surface area contributed by atoms with E-state index in [1.54, 1.807) is 0 Å². The normalized spacial score (nSPS) is 13.9. The smallest absolute Gasteiger partial charge is 0.462 e. The van der Waals surface area contributed by atoms with Gasteiger partial charge in [0.05, 0.1) is 26.4 Å². The minimum atomic E-state index is -4.96. The highest BCUT2D eigenvalue weighted by atomic mass is 31.2. The van der Waals surface area contributed by atoms with Crippen molar-refractivity contribution in [1.82, 2.24) is 0 Å². The Hall–Kier alpha value is -1.94. The third-order valence-electron chi connectivity index (χ3n) is 18.5. The molecule has 0 rings (SSSR count). The summed E-state index contributed by atoms with van der Waals surface area (Å²) in [6.45, 7) is 7.31. The lowest BCUT2D eigenvalue weighted by atomic mass is 10.0. The molecule has 582 valence electrons. The summed E-state index contributed by atoms with van der Waals surface area (Å²) in [4.78, 5) is 72.9. The van der Waals surface area contributed by atoms with Gasteiger partial charge in [-0.15, -0.1) is 0 Å². The molecule has 0 aliphatic carbocycles. The van der Waals surface area contributed by atoms with E-state index in [4.69, 9.17) is 37.0 Å². The Morgan fingerprint density at radius 2 is 0.469 bits per heavy atom. The summed E-state index contributed by atoms with van der Waals surface area (Å²) in [5.41, 5.74) is 0. The van der Waals surface area contributed by atoms with Gasteiger partial charge in [-0.2, -0.15) is 0 Å². The summed E-state index contributed by atoms with van der Waals surface area (Å²) >= 11 is 0. The monoisotopic (exact) mass is 1440 g/mol. The van der Waals surface area contributed by atoms with Crippen LogP contribution in [0.3, 0.4) is 0 Å². The maximum Gasteiger partial charge on any atom is 0.472 e. The van der Waals surface area contributed by atoms with E-state index in [2.05, 4.69) is 34.6 Å². The maximum atomic E-state index is 13.1. The van der Waals surface area contributed by atoms with Gasteiger partial charge in [-0.05, 0) is 31.6 Å². The van der Waals surface area contributed by atoms with Crippen molar-refractivity contribution in [2.45, 2.75) is 438 Å². The number of rotatable bonds is 79. The van der Waals surface area contributed by atoms with E-state index in [1.807, 2.05) is 0 Å². The number of carbonyl (C=O) groups is 4. The van der Waals surface area contributed by atoms with E-state index in [9.17, 15) is 43.2 Å². The average molecular weight is 1440 g/mol. The number of hydrogen-bond acceptors (Lipinski definition) is 15. The van der Waals surface area contributed by atoms with E-state index in [0.717, 1.165) is 95.8 Å². The van der Waals surface area contributed by atoms with Gasteiger partial charge in [0, 0.05) is 25.7 Å². The van der Waals surface area contributed by atoms with Crippen molar-refractivity contribution in [2.75, 3.05) is 39.6 Å². The van der Waals surface area contributed by atoms with Crippen LogP contribution in [0.5, 0.6) is 0 Å². The van der Waals surface area contributed by atoms with Gasteiger partial charge in [0.15, 0.2) is 12.2 Å². The van der Waals surface area contributed by atoms with Gasteiger partial charge in [-0.25, -0.2) is 9.13 Å². The highest BCUT2D eigenvalue weighted by Crippen LogP contribution is 2.45. The Bertz CT molecular complexity index is 1870. The van der Waals surface area contributed by atoms with Crippen LogP contribution in [0.15, 0.2) is 0 Å². The molecule has 0 saturated heterocycles. The fourth-order valence-electron chi connectivity index (χ4n) is 12.2. The number of ether oxygens (including phenoxy) is 4. The summed E-state index contributed by atoms with van der Waals surface area (Å²) in [7, 11) is -9.91. The lowest BCUT2D eigenvalue weighted by molar-refractivity contribution is -0.161. The van der Waals surface area contributed by atoms with Gasteiger partial charge in [-0.3, -0.25) is 37.3 Å². The minimum Gasteiger partial charge on any atom is -0.462 e. The first-order chi connectivity index (χ1) is 47.5. The minimum absolute atomic E-state index is 0.108. The van der Waals surface area contributed by atoms with Crippen molar-refractivity contribution in [2.24, 2.45) is 5.92 Å². The number of esters is 4. The summed E-state index contributed by atoms with van der Waals surface area (Å²) in [6.07, 6.45) is 62.4. The molecular formula is C79H154O17P2. The van der Waals surface area contributed by atoms with Crippen LogP contribution in [0.25, 0.3) is 0 Å². The second-order valence-corrected chi connectivity index (χ2v) is 31.8. The van der Waals surface area contributed by atoms with Crippen LogP contribution in [0.4, 0.5) is 0 Å². The number of aliphatic hydroxyl groups is 1. The fraction of sp³-hybridized carbons (Fsp3) is 0.949. The lowest BCUT2D eigenvalue weighted by Gasteiger charge is -2.21. The van der Waals surface area contributed by atoms with Gasteiger partial charge in [0.1, 0.15) is 19.3 Å². The molecule has 0 aromatic carbocycles. The summed E-state index contributed by atoms with van der Waals surface area (Å²) in [6, 6.07) is 0. The van der Waals surface area contributed by atoms with Gasteiger partial charge < -0.3 is 33.8 Å². The number of hydrogen-bond donors (Lipinski definition) is 3. The maximum absolute atomic E-state index is 13.1. The average Bonchev–Trinajstić information content (AvgIpc) is 1.09. The van der Waals surface area contributed by atoms with E-state index in [0.29, 0.717) is 25.7 Å². The van der Waals surface area contributed by atoms with Gasteiger partial charge in [-0.1, -0.05) is 369 Å². The highest BCUT2D eigenvalue weighted by molar-refractivity contribution is 7.47. The summed E-state index contributed by atoms with van der Waals surface area (Å²) in [5, 5.41) is 10.6. The second-order valence-electron chi connectivity index (χ2n) is 28.9. The molecule has 0 heterocycles. The first-order valence-electron chi connectivity index (χ1n) is 41.1. The van der Waals surface area contributed by atoms with E-state index < -0.39 is 97.5 Å². The van der Waals surface area contributed by atoms with Crippen molar-refractivity contribution in [3.05, 3.63) is 0 Å². The molecule has 0 aromatic heterocycles. The quantitative estimate of drug-likeness (QED) is 0.0222. The molecule has 17 nitrogen and oxygen atoms in total. The molecule has 0 aliphatic heterocycles. The fourth-order valence-corrected chi connectivity index (χ4v) is 13.8. The van der Waals surface area contributed by atoms with Gasteiger partial charge in [0.25, 0.3) is 0 Å². The summed E-state index contributed by atoms with van der Waals surface area (Å²) in [5.74, 6) is -1.34. The molecule has 0 saturated carbocycles. The van der Waals surface area contributed by atoms with E-state index in [1.165, 1.54) is 244 Å². The second kappa shape index (κ2) is 72.0. The molecule has 0 aromatic rings. The van der Waals surface area contributed by atoms with Crippen LogP contribution in [0.1, 0.15) is 420 Å². The third kappa shape index (κ3) is 72.4. The molecule has 0 spiro atoms. The molecule has 3 N–H and O–H groups in total. The molecule has 2 unspecified atom stereocenters. The molecule has 0 fully saturated rings. The Balaban J connectivity index is 5.21. The molecule has 0 bridgehead atoms. The predicted octanol–water partition coefficient (Wildman–Crippen LogP) is 23.6. The zero-order valence-electron chi connectivity index (χ0n) is 63.9. The van der Waals surface area contributed by atoms with Gasteiger partial charge in [0.2, 0.25) is 0 Å². The molecule has 19 heteroatoms. The predicted molar refractivity (Wildman–Crippen MR) is 400 cm³/mol. The SMILES string of the molecule is CCCCCCCCCCCCCCCCCCCCCCCC(=O)O[C@H](COC(=O)CCCCCCCCCCCCCC(C)C)COP(=O)(O)OC[C@@H](O)COP(=O)(O)OC[C@@H](COC(=O)CCCCCCCCCCCC)OC(=O)CCCCCCCCCCCCCCC. The first-order valence-corrected chi connectivity index (χ1v) is 44.1. The van der Waals surface area contributed by atoms with Crippen LogP contribution >= 0.6 is 15.6 Å². The van der Waals surface area contributed by atoms with Gasteiger partial charge >= 0.3 is 39.5 Å². The highest BCUT2D eigenvalue weighted by Gasteiger charge is 2.30. The van der Waals surface area contributed by atoms with Crippen LogP contribution in [-0.4, -0.2) is 96.7 Å². The number of unbranched alkanes of at least 4 members (excludes halogenated alkanes) is 51. The van der Waals surface area contributed by atoms with Crippen molar-refractivity contribution >= 4 is 39.5 Å². The number of phosphoric acid groups is 2. The Morgan fingerprint density at radius 1 is 0.276 bits per heavy atom. The van der Waals surface area contributed by atoms with Crippen LogP contribution in [0, 0.1) is 5.92 Å². The summed E-state index contributed by atoms with van der Waals surface area (Å²) < 4.78 is 68.6. The number of aliphatic hydroxyl groups excluding tert-OH is 1. The largest absolute Gasteiger partial charge is 0.472 e. The van der Waals surface area contributed by atoms with Crippen LogP contribution in [0.2, 0.25) is 0 Å². The first kappa shape index (κ1) is 96.1. The number of phosphoric ester groups is 2. The van der Waals surface area contributed by atoms with E-state index in [-0.39, 0.29) is 25.7 Å². The standard InChI is InChI=1S/C79H154O17P2/c1-6-9-12-15-18-21-24-26-27-28-29-30-31-32-33-35-39-45-50-55-60-65-79(84)96-75(69-90-77(82)63-58-53-48-43-40-36-37-41-46-51-56-61-72(4)5)71-94-98(87,88)92-67-73(80)66-91-97(85,86)93-70-74(68-89-76(81)62-57-52-47-42-23-20-17-14-11-8-3)95-78(83)64-59-54-49-44-38-34-25-22-19-16-13-10-7-2/h72-75,80H,6-71H2,1-5H3,(H,85,86)(H,87,88)/t73-,74+,75+/m0/s1. The molecule has 0 radical (unpaired) electrons. The van der Waals surface area contributed by atoms with Crippen molar-refractivity contribution in [3.8, 4) is 0 Å². The van der Waals surface area contributed by atoms with E-state index >= 15 is 0 Å². The lowest BCUT2D eigenvalue weighted by Crippen LogP contribution is -2.30. The zero-order chi connectivity index (χ0) is 71.9. The third-order valence-corrected chi connectivity index (χ3v) is 20.4. The molecule has 0 aliphatic rings. The molecule has 0 amide bonds. The Morgan fingerprint density at radius 3 is 0.694 bits per heavy atom. The van der Waals surface area contributed by atoms with Crippen LogP contribution < -0.4 is 0 Å². The van der Waals surface area contributed by atoms with Crippen LogP contribution in [-0.2, 0) is 65.4 Å². The van der Waals surface area contributed by atoms with Crippen molar-refractivity contribution in [3.63, 3.8) is 0 Å². The molecule has 98 heavy (non-hydrogen) atoms. The van der Waals surface area contributed by atoms with Crippen molar-refractivity contribution < 1.29 is 80.2 Å². The zero-order valence-corrected chi connectivity index (χ0v) is 65.7.